The van der Waals surface area contributed by atoms with Gasteiger partial charge in [-0.3, -0.25) is 9.59 Å². The Hall–Kier alpha value is -1.85. The number of rotatable bonds is 8. The van der Waals surface area contributed by atoms with Crippen molar-refractivity contribution in [1.29, 1.82) is 0 Å². The SMILES string of the molecule is C=C(CCNC(=O)COc1ccc(Cl)c(F)c1)NC(=O)C1SOCC2OCCOC21. The normalized spacial score (nSPS) is 23.2. The van der Waals surface area contributed by atoms with Crippen LogP contribution in [0.3, 0.4) is 0 Å². The van der Waals surface area contributed by atoms with Crippen LogP contribution in [-0.2, 0) is 23.2 Å². The molecule has 2 amide bonds. The van der Waals surface area contributed by atoms with Crippen molar-refractivity contribution >= 4 is 35.5 Å². The maximum absolute atomic E-state index is 13.3. The van der Waals surface area contributed by atoms with E-state index in [1.165, 1.54) is 12.1 Å². The van der Waals surface area contributed by atoms with E-state index in [0.29, 0.717) is 31.9 Å². The van der Waals surface area contributed by atoms with Gasteiger partial charge in [-0.1, -0.05) is 18.2 Å². The van der Waals surface area contributed by atoms with Crippen molar-refractivity contribution in [3.8, 4) is 5.75 Å². The van der Waals surface area contributed by atoms with E-state index < -0.39 is 17.0 Å². The smallest absolute Gasteiger partial charge is 0.257 e. The lowest BCUT2D eigenvalue weighted by molar-refractivity contribution is -0.161. The third kappa shape index (κ3) is 6.32. The maximum Gasteiger partial charge on any atom is 0.257 e. The summed E-state index contributed by atoms with van der Waals surface area (Å²) in [5.74, 6) is -1.11. The van der Waals surface area contributed by atoms with Crippen LogP contribution in [0.5, 0.6) is 5.75 Å². The maximum atomic E-state index is 13.3. The fourth-order valence-corrected chi connectivity index (χ4v) is 3.85. The first-order chi connectivity index (χ1) is 14.4. The van der Waals surface area contributed by atoms with Crippen molar-refractivity contribution in [2.24, 2.45) is 0 Å². The molecule has 0 spiro atoms. The highest BCUT2D eigenvalue weighted by atomic mass is 35.5. The molecule has 8 nitrogen and oxygen atoms in total. The van der Waals surface area contributed by atoms with Crippen LogP contribution < -0.4 is 15.4 Å². The lowest BCUT2D eigenvalue weighted by atomic mass is 10.1. The molecule has 2 aliphatic rings. The summed E-state index contributed by atoms with van der Waals surface area (Å²) in [7, 11) is 0. The second-order valence-corrected chi connectivity index (χ2v) is 7.95. The summed E-state index contributed by atoms with van der Waals surface area (Å²) in [6.45, 7) is 5.06. The molecule has 11 heteroatoms. The Bertz CT molecular complexity index is 796. The van der Waals surface area contributed by atoms with Crippen LogP contribution in [0.25, 0.3) is 0 Å². The van der Waals surface area contributed by atoms with Gasteiger partial charge in [0.05, 0.1) is 24.8 Å². The molecule has 2 fully saturated rings. The molecule has 2 aliphatic heterocycles. The van der Waals surface area contributed by atoms with Crippen molar-refractivity contribution in [3.63, 3.8) is 0 Å². The van der Waals surface area contributed by atoms with E-state index in [4.69, 9.17) is 30.0 Å². The first-order valence-electron chi connectivity index (χ1n) is 9.28. The average molecular weight is 461 g/mol. The van der Waals surface area contributed by atoms with Crippen LogP contribution in [0.15, 0.2) is 30.5 Å². The molecule has 1 aromatic rings. The van der Waals surface area contributed by atoms with Gasteiger partial charge in [-0.25, -0.2) is 4.39 Å². The number of benzene rings is 1. The highest BCUT2D eigenvalue weighted by Gasteiger charge is 2.42. The van der Waals surface area contributed by atoms with Crippen LogP contribution in [0.4, 0.5) is 4.39 Å². The van der Waals surface area contributed by atoms with Gasteiger partial charge >= 0.3 is 0 Å². The van der Waals surface area contributed by atoms with E-state index in [9.17, 15) is 14.0 Å². The Morgan fingerprint density at radius 1 is 1.33 bits per heavy atom. The molecule has 0 bridgehead atoms. The number of fused-ring (bicyclic) bond motifs is 1. The highest BCUT2D eigenvalue weighted by Crippen LogP contribution is 2.30. The predicted molar refractivity (Wildman–Crippen MR) is 109 cm³/mol. The molecule has 3 atom stereocenters. The van der Waals surface area contributed by atoms with E-state index in [1.54, 1.807) is 0 Å². The van der Waals surface area contributed by atoms with Gasteiger partial charge in [-0.05, 0) is 12.1 Å². The number of carbonyl (C=O) groups excluding carboxylic acids is 2. The van der Waals surface area contributed by atoms with E-state index in [1.807, 2.05) is 0 Å². The topological polar surface area (TPSA) is 95.1 Å². The van der Waals surface area contributed by atoms with Crippen LogP contribution in [0.2, 0.25) is 5.02 Å². The number of carbonyl (C=O) groups is 2. The van der Waals surface area contributed by atoms with Crippen molar-refractivity contribution in [1.82, 2.24) is 10.6 Å². The molecule has 0 saturated carbocycles. The van der Waals surface area contributed by atoms with E-state index >= 15 is 0 Å². The summed E-state index contributed by atoms with van der Waals surface area (Å²) >= 11 is 6.65. The summed E-state index contributed by atoms with van der Waals surface area (Å²) in [5, 5.41) is 4.77. The molecular weight excluding hydrogens is 439 g/mol. The van der Waals surface area contributed by atoms with Gasteiger partial charge < -0.3 is 29.0 Å². The van der Waals surface area contributed by atoms with Gasteiger partial charge in [0.15, 0.2) is 6.61 Å². The Labute approximate surface area is 182 Å². The van der Waals surface area contributed by atoms with Gasteiger partial charge in [0, 0.05) is 36.8 Å². The first kappa shape index (κ1) is 22.8. The van der Waals surface area contributed by atoms with E-state index in [2.05, 4.69) is 17.2 Å². The van der Waals surface area contributed by atoms with Crippen LogP contribution in [0, 0.1) is 5.82 Å². The predicted octanol–water partition coefficient (Wildman–Crippen LogP) is 1.83. The monoisotopic (exact) mass is 460 g/mol. The summed E-state index contributed by atoms with van der Waals surface area (Å²) in [6.07, 6.45) is -0.311. The fourth-order valence-electron chi connectivity index (χ4n) is 2.87. The lowest BCUT2D eigenvalue weighted by Crippen LogP contribution is -2.54. The zero-order chi connectivity index (χ0) is 21.5. The van der Waals surface area contributed by atoms with Gasteiger partial charge in [-0.15, -0.1) is 0 Å². The first-order valence-corrected chi connectivity index (χ1v) is 10.5. The lowest BCUT2D eigenvalue weighted by Gasteiger charge is -2.38. The number of hydrogen-bond donors (Lipinski definition) is 2. The molecule has 1 aromatic carbocycles. The number of halogens is 2. The van der Waals surface area contributed by atoms with Crippen molar-refractivity contribution in [2.75, 3.05) is 33.0 Å². The summed E-state index contributed by atoms with van der Waals surface area (Å²) in [6, 6.07) is 3.92. The quantitative estimate of drug-likeness (QED) is 0.571. The minimum Gasteiger partial charge on any atom is -0.484 e. The Morgan fingerprint density at radius 3 is 2.93 bits per heavy atom. The zero-order valence-electron chi connectivity index (χ0n) is 16.0. The minimum absolute atomic E-state index is 0.0244. The molecular formula is C19H22ClFN2O6S. The summed E-state index contributed by atoms with van der Waals surface area (Å²) in [5.41, 5.74) is 0.445. The molecule has 164 valence electrons. The Morgan fingerprint density at radius 2 is 2.13 bits per heavy atom. The van der Waals surface area contributed by atoms with E-state index in [0.717, 1.165) is 18.1 Å². The summed E-state index contributed by atoms with van der Waals surface area (Å²) in [4.78, 5) is 24.4. The number of ether oxygens (including phenoxy) is 3. The number of amides is 2. The molecule has 2 saturated heterocycles. The van der Waals surface area contributed by atoms with Crippen LogP contribution >= 0.6 is 23.6 Å². The van der Waals surface area contributed by atoms with Crippen LogP contribution in [0.1, 0.15) is 6.42 Å². The van der Waals surface area contributed by atoms with Gasteiger partial charge in [0.2, 0.25) is 5.91 Å². The van der Waals surface area contributed by atoms with Crippen LogP contribution in [-0.4, -0.2) is 62.2 Å². The molecule has 30 heavy (non-hydrogen) atoms. The second kappa shape index (κ2) is 11.0. The largest absolute Gasteiger partial charge is 0.484 e. The fraction of sp³-hybridized carbons (Fsp3) is 0.474. The second-order valence-electron chi connectivity index (χ2n) is 6.60. The Balaban J connectivity index is 1.35. The Kier molecular flexibility index (Phi) is 8.34. The van der Waals surface area contributed by atoms with Crippen molar-refractivity contribution in [3.05, 3.63) is 41.3 Å². The molecule has 0 aromatic heterocycles. The average Bonchev–Trinajstić information content (AvgIpc) is 2.74. The number of nitrogens with one attached hydrogen (secondary N) is 2. The molecule has 0 aliphatic carbocycles. The van der Waals surface area contributed by atoms with Gasteiger partial charge in [-0.2, -0.15) is 0 Å². The molecule has 2 heterocycles. The summed E-state index contributed by atoms with van der Waals surface area (Å²) < 4.78 is 35.2. The van der Waals surface area contributed by atoms with E-state index in [-0.39, 0.29) is 42.0 Å². The molecule has 2 N–H and O–H groups in total. The third-order valence-electron chi connectivity index (χ3n) is 4.36. The number of hydrogen-bond acceptors (Lipinski definition) is 7. The van der Waals surface area contributed by atoms with Crippen molar-refractivity contribution < 1.29 is 32.4 Å². The third-order valence-corrected chi connectivity index (χ3v) is 5.63. The molecule has 3 unspecified atom stereocenters. The molecule has 0 radical (unpaired) electrons. The minimum atomic E-state index is -0.625. The standard InChI is InChI=1S/C19H22ClFN2O6S/c1-11(23-19(25)18-17-15(9-29-30-18)26-6-7-27-17)4-5-22-16(24)10-28-12-2-3-13(20)14(21)8-12/h2-3,8,15,17-18H,1,4-7,9-10H2,(H,22,24)(H,23,25). The highest BCUT2D eigenvalue weighted by molar-refractivity contribution is 7.96. The molecule has 3 rings (SSSR count). The van der Waals surface area contributed by atoms with Gasteiger partial charge in [0.25, 0.3) is 5.91 Å². The van der Waals surface area contributed by atoms with Crippen molar-refractivity contribution in [2.45, 2.75) is 23.9 Å². The van der Waals surface area contributed by atoms with Gasteiger partial charge in [0.1, 0.15) is 29.0 Å². The zero-order valence-corrected chi connectivity index (χ0v) is 17.6.